The number of ether oxygens (including phenoxy) is 1. The molecule has 1 amide bonds. The fourth-order valence-electron chi connectivity index (χ4n) is 2.57. The lowest BCUT2D eigenvalue weighted by Gasteiger charge is -2.17. The predicted octanol–water partition coefficient (Wildman–Crippen LogP) is 4.28. The molecule has 3 heteroatoms. The van der Waals surface area contributed by atoms with Gasteiger partial charge in [-0.15, -0.1) is 0 Å². The molecular formula is C19H27NO2. The zero-order valence-electron chi connectivity index (χ0n) is 13.6. The highest BCUT2D eigenvalue weighted by molar-refractivity contribution is 5.91. The third-order valence-electron chi connectivity index (χ3n) is 3.98. The zero-order valence-corrected chi connectivity index (χ0v) is 13.6. The van der Waals surface area contributed by atoms with Crippen molar-refractivity contribution in [3.8, 4) is 5.75 Å². The topological polar surface area (TPSA) is 29.5 Å². The Bertz CT molecular complexity index is 471. The Kier molecular flexibility index (Phi) is 7.01. The number of hydrogen-bond donors (Lipinski definition) is 0. The number of carbonyl (C=O) groups excluding carboxylic acids is 1. The van der Waals surface area contributed by atoms with Gasteiger partial charge in [-0.2, -0.15) is 0 Å². The van der Waals surface area contributed by atoms with Gasteiger partial charge in [0.05, 0.1) is 6.61 Å². The van der Waals surface area contributed by atoms with Gasteiger partial charge in [0, 0.05) is 19.2 Å². The molecule has 3 nitrogen and oxygen atoms in total. The molecule has 0 aliphatic carbocycles. The maximum Gasteiger partial charge on any atom is 0.246 e. The zero-order chi connectivity index (χ0) is 15.6. The van der Waals surface area contributed by atoms with E-state index in [0.29, 0.717) is 0 Å². The van der Waals surface area contributed by atoms with Crippen molar-refractivity contribution in [1.82, 2.24) is 4.90 Å². The van der Waals surface area contributed by atoms with Crippen LogP contribution in [-0.2, 0) is 4.79 Å². The summed E-state index contributed by atoms with van der Waals surface area (Å²) in [5, 5.41) is 0. The Labute approximate surface area is 134 Å². The fourth-order valence-corrected chi connectivity index (χ4v) is 2.57. The number of nitrogens with zero attached hydrogens (tertiary/aromatic N) is 1. The largest absolute Gasteiger partial charge is 0.494 e. The number of unbranched alkanes of at least 4 members (excludes halogenated alkanes) is 1. The monoisotopic (exact) mass is 301 g/mol. The van der Waals surface area contributed by atoms with Crippen molar-refractivity contribution in [2.24, 2.45) is 0 Å². The molecule has 1 aromatic carbocycles. The molecule has 1 aliphatic heterocycles. The molecule has 0 N–H and O–H groups in total. The molecule has 0 bridgehead atoms. The van der Waals surface area contributed by atoms with Gasteiger partial charge < -0.3 is 9.64 Å². The number of amides is 1. The van der Waals surface area contributed by atoms with E-state index >= 15 is 0 Å². The molecule has 0 unspecified atom stereocenters. The maximum absolute atomic E-state index is 12.2. The first-order valence-corrected chi connectivity index (χ1v) is 8.49. The first-order chi connectivity index (χ1) is 10.8. The van der Waals surface area contributed by atoms with Gasteiger partial charge in [-0.25, -0.2) is 0 Å². The van der Waals surface area contributed by atoms with Crippen LogP contribution < -0.4 is 4.74 Å². The highest BCUT2D eigenvalue weighted by Gasteiger charge is 2.12. The van der Waals surface area contributed by atoms with E-state index in [2.05, 4.69) is 6.92 Å². The molecule has 22 heavy (non-hydrogen) atoms. The summed E-state index contributed by atoms with van der Waals surface area (Å²) < 4.78 is 5.64. The van der Waals surface area contributed by atoms with Crippen molar-refractivity contribution >= 4 is 12.0 Å². The lowest BCUT2D eigenvalue weighted by molar-refractivity contribution is -0.125. The van der Waals surface area contributed by atoms with Gasteiger partial charge in [0.2, 0.25) is 5.91 Å². The van der Waals surface area contributed by atoms with Crippen LogP contribution in [0.2, 0.25) is 0 Å². The molecule has 120 valence electrons. The van der Waals surface area contributed by atoms with Crippen molar-refractivity contribution < 1.29 is 9.53 Å². The Morgan fingerprint density at radius 1 is 1.14 bits per heavy atom. The molecule has 1 heterocycles. The summed E-state index contributed by atoms with van der Waals surface area (Å²) in [4.78, 5) is 14.1. The van der Waals surface area contributed by atoms with Crippen LogP contribution in [0, 0.1) is 0 Å². The van der Waals surface area contributed by atoms with Gasteiger partial charge in [-0.05, 0) is 43.0 Å². The van der Waals surface area contributed by atoms with Gasteiger partial charge in [-0.3, -0.25) is 4.79 Å². The minimum absolute atomic E-state index is 0.130. The average Bonchev–Trinajstić information content (AvgIpc) is 2.83. The number of carbonyl (C=O) groups is 1. The van der Waals surface area contributed by atoms with Crippen LogP contribution in [-0.4, -0.2) is 30.5 Å². The van der Waals surface area contributed by atoms with Crippen LogP contribution in [0.5, 0.6) is 5.75 Å². The molecular weight excluding hydrogens is 274 g/mol. The van der Waals surface area contributed by atoms with E-state index in [1.54, 1.807) is 6.08 Å². The second kappa shape index (κ2) is 9.29. The lowest BCUT2D eigenvalue weighted by Crippen LogP contribution is -2.30. The Morgan fingerprint density at radius 3 is 2.45 bits per heavy atom. The number of hydrogen-bond acceptors (Lipinski definition) is 2. The maximum atomic E-state index is 12.2. The lowest BCUT2D eigenvalue weighted by atomic mass is 10.2. The summed E-state index contributed by atoms with van der Waals surface area (Å²) in [6, 6.07) is 7.92. The average molecular weight is 301 g/mol. The van der Waals surface area contributed by atoms with Crippen LogP contribution in [0.25, 0.3) is 6.08 Å². The van der Waals surface area contributed by atoms with E-state index in [0.717, 1.165) is 56.7 Å². The Balaban J connectivity index is 1.85. The minimum atomic E-state index is 0.130. The van der Waals surface area contributed by atoms with Crippen molar-refractivity contribution in [3.63, 3.8) is 0 Å². The number of rotatable bonds is 6. The third kappa shape index (κ3) is 5.55. The Morgan fingerprint density at radius 2 is 1.82 bits per heavy atom. The highest BCUT2D eigenvalue weighted by atomic mass is 16.5. The molecule has 0 aromatic heterocycles. The summed E-state index contributed by atoms with van der Waals surface area (Å²) in [5.41, 5.74) is 1.03. The fraction of sp³-hybridized carbons (Fsp3) is 0.526. The smallest absolute Gasteiger partial charge is 0.246 e. The third-order valence-corrected chi connectivity index (χ3v) is 3.98. The van der Waals surface area contributed by atoms with E-state index in [1.165, 1.54) is 12.8 Å². The van der Waals surface area contributed by atoms with Crippen LogP contribution in [0.4, 0.5) is 0 Å². The SMILES string of the molecule is CCCCOc1ccc(C=CC(=O)N2CCCCCC2)cc1. The number of likely N-dealkylation sites (tertiary alicyclic amines) is 1. The molecule has 1 aromatic rings. The van der Waals surface area contributed by atoms with Gasteiger partial charge >= 0.3 is 0 Å². The molecule has 0 spiro atoms. The molecule has 1 aliphatic rings. The Hall–Kier alpha value is -1.77. The van der Waals surface area contributed by atoms with E-state index < -0.39 is 0 Å². The summed E-state index contributed by atoms with van der Waals surface area (Å²) in [5.74, 6) is 1.02. The second-order valence-electron chi connectivity index (χ2n) is 5.84. The van der Waals surface area contributed by atoms with Crippen molar-refractivity contribution in [3.05, 3.63) is 35.9 Å². The summed E-state index contributed by atoms with van der Waals surface area (Å²) in [6.07, 6.45) is 10.5. The standard InChI is InChI=1S/C19H27NO2/c1-2-3-16-22-18-11-8-17(9-12-18)10-13-19(21)20-14-6-4-5-7-15-20/h8-13H,2-7,14-16H2,1H3. The van der Waals surface area contributed by atoms with E-state index in [4.69, 9.17) is 4.74 Å². The second-order valence-corrected chi connectivity index (χ2v) is 5.84. The molecule has 2 rings (SSSR count). The first-order valence-electron chi connectivity index (χ1n) is 8.49. The summed E-state index contributed by atoms with van der Waals surface area (Å²) in [6.45, 7) is 4.71. The summed E-state index contributed by atoms with van der Waals surface area (Å²) in [7, 11) is 0. The van der Waals surface area contributed by atoms with Gasteiger partial charge in [0.25, 0.3) is 0 Å². The van der Waals surface area contributed by atoms with Gasteiger partial charge in [0.1, 0.15) is 5.75 Å². The van der Waals surface area contributed by atoms with Crippen LogP contribution in [0.3, 0.4) is 0 Å². The molecule has 0 atom stereocenters. The quantitative estimate of drug-likeness (QED) is 0.580. The molecule has 1 fully saturated rings. The van der Waals surface area contributed by atoms with Crippen molar-refractivity contribution in [2.45, 2.75) is 45.4 Å². The van der Waals surface area contributed by atoms with Gasteiger partial charge in [-0.1, -0.05) is 38.3 Å². The van der Waals surface area contributed by atoms with Crippen LogP contribution in [0.15, 0.2) is 30.3 Å². The van der Waals surface area contributed by atoms with Crippen LogP contribution in [0.1, 0.15) is 51.0 Å². The highest BCUT2D eigenvalue weighted by Crippen LogP contribution is 2.14. The van der Waals surface area contributed by atoms with E-state index in [-0.39, 0.29) is 5.91 Å². The molecule has 0 saturated carbocycles. The van der Waals surface area contributed by atoms with Gasteiger partial charge in [0.15, 0.2) is 0 Å². The minimum Gasteiger partial charge on any atom is -0.494 e. The van der Waals surface area contributed by atoms with E-state index in [1.807, 2.05) is 35.2 Å². The van der Waals surface area contributed by atoms with Crippen LogP contribution >= 0.6 is 0 Å². The number of benzene rings is 1. The summed E-state index contributed by atoms with van der Waals surface area (Å²) >= 11 is 0. The molecule has 0 radical (unpaired) electrons. The predicted molar refractivity (Wildman–Crippen MR) is 90.9 cm³/mol. The van der Waals surface area contributed by atoms with Crippen molar-refractivity contribution in [2.75, 3.05) is 19.7 Å². The molecule has 1 saturated heterocycles. The first kappa shape index (κ1) is 16.6. The van der Waals surface area contributed by atoms with E-state index in [9.17, 15) is 4.79 Å². The normalized spacial score (nSPS) is 15.8. The van der Waals surface area contributed by atoms with Crippen molar-refractivity contribution in [1.29, 1.82) is 0 Å².